The first-order chi connectivity index (χ1) is 8.72. The third-order valence-corrected chi connectivity index (χ3v) is 3.87. The van der Waals surface area contributed by atoms with Crippen molar-refractivity contribution in [3.63, 3.8) is 0 Å². The molecule has 0 saturated carbocycles. The monoisotopic (exact) mass is 310 g/mol. The first kappa shape index (κ1) is 16.3. The molecule has 1 aromatic carbocycles. The lowest BCUT2D eigenvalue weighted by molar-refractivity contribution is -0.0748. The quantitative estimate of drug-likeness (QED) is 0.454. The molecule has 108 valence electrons. The van der Waals surface area contributed by atoms with Gasteiger partial charge in [0.15, 0.2) is 0 Å². The molecular formula is C10H15O7PS. The van der Waals surface area contributed by atoms with E-state index in [0.717, 1.165) is 5.56 Å². The zero-order valence-corrected chi connectivity index (χ0v) is 12.1. The van der Waals surface area contributed by atoms with Crippen LogP contribution < -0.4 is 0 Å². The highest BCUT2D eigenvalue weighted by molar-refractivity contribution is 7.86. The lowest BCUT2D eigenvalue weighted by atomic mass is 10.2. The third-order valence-electron chi connectivity index (χ3n) is 2.14. The average Bonchev–Trinajstić information content (AvgIpc) is 2.27. The van der Waals surface area contributed by atoms with E-state index in [4.69, 9.17) is 4.89 Å². The van der Waals surface area contributed by atoms with Crippen molar-refractivity contribution < 1.29 is 31.7 Å². The van der Waals surface area contributed by atoms with E-state index < -0.39 is 30.8 Å². The van der Waals surface area contributed by atoms with E-state index in [2.05, 4.69) is 8.71 Å². The van der Waals surface area contributed by atoms with E-state index in [1.54, 1.807) is 19.1 Å². The van der Waals surface area contributed by atoms with Gasteiger partial charge in [0.05, 0.1) is 4.90 Å². The summed E-state index contributed by atoms with van der Waals surface area (Å²) in [4.78, 5) is 8.48. The Morgan fingerprint density at radius 2 is 1.79 bits per heavy atom. The van der Waals surface area contributed by atoms with Gasteiger partial charge in [0.25, 0.3) is 10.1 Å². The molecule has 0 radical (unpaired) electrons. The van der Waals surface area contributed by atoms with Gasteiger partial charge in [-0.2, -0.15) is 8.42 Å². The molecule has 1 aromatic rings. The zero-order chi connectivity index (χ0) is 14.6. The highest BCUT2D eigenvalue weighted by atomic mass is 32.2. The van der Waals surface area contributed by atoms with Crippen molar-refractivity contribution in [2.24, 2.45) is 0 Å². The van der Waals surface area contributed by atoms with E-state index in [1.165, 1.54) is 19.1 Å². The predicted molar refractivity (Wildman–Crippen MR) is 67.2 cm³/mol. The van der Waals surface area contributed by atoms with Crippen molar-refractivity contribution in [3.8, 4) is 0 Å². The largest absolute Gasteiger partial charge is 0.388 e. The molecule has 1 unspecified atom stereocenters. The Labute approximate surface area is 111 Å². The van der Waals surface area contributed by atoms with Gasteiger partial charge in [-0.15, -0.1) is 0 Å². The van der Waals surface area contributed by atoms with Crippen molar-refractivity contribution in [1.29, 1.82) is 0 Å². The Morgan fingerprint density at radius 3 is 2.21 bits per heavy atom. The van der Waals surface area contributed by atoms with Crippen LogP contribution in [0.4, 0.5) is 0 Å². The first-order valence-electron chi connectivity index (χ1n) is 5.30. The Balaban J connectivity index is 2.93. The maximum absolute atomic E-state index is 11.9. The molecule has 0 spiro atoms. The number of aliphatic hydroxyl groups is 1. The van der Waals surface area contributed by atoms with Crippen LogP contribution in [0, 0.1) is 6.92 Å². The highest BCUT2D eigenvalue weighted by Crippen LogP contribution is 2.24. The van der Waals surface area contributed by atoms with Crippen molar-refractivity contribution in [2.45, 2.75) is 31.1 Å². The summed E-state index contributed by atoms with van der Waals surface area (Å²) in [6, 6.07) is 5.80. The van der Waals surface area contributed by atoms with E-state index in [9.17, 15) is 18.1 Å². The molecule has 2 N–H and O–H groups in total. The van der Waals surface area contributed by atoms with Gasteiger partial charge in [-0.3, -0.25) is 9.09 Å². The summed E-state index contributed by atoms with van der Waals surface area (Å²) < 4.78 is 43.2. The fourth-order valence-electron chi connectivity index (χ4n) is 1.18. The van der Waals surface area contributed by atoms with Crippen molar-refractivity contribution >= 4 is 18.4 Å². The van der Waals surface area contributed by atoms with Gasteiger partial charge in [0, 0.05) is 0 Å². The Kier molecular flexibility index (Phi) is 5.66. The van der Waals surface area contributed by atoms with Gasteiger partial charge in [-0.1, -0.05) is 17.7 Å². The fraction of sp³-hybridized carbons (Fsp3) is 0.400. The van der Waals surface area contributed by atoms with Gasteiger partial charge < -0.3 is 10.00 Å². The molecule has 0 aliphatic rings. The van der Waals surface area contributed by atoms with E-state index in [1.807, 2.05) is 0 Å². The third kappa shape index (κ3) is 5.02. The topological polar surface area (TPSA) is 110 Å². The molecule has 1 rings (SSSR count). The second kappa shape index (κ2) is 6.60. The standard InChI is InChI=1S/C10H15O7PS/c1-7-3-5-9(6-4-7)19(14,15)17-10(8(2)11)16-18(12)13/h3-6,8,10-11,18H,1-2H3,(H,12,13)/t8-,10-/m0/s1. The summed E-state index contributed by atoms with van der Waals surface area (Å²) in [5.74, 6) is 0. The summed E-state index contributed by atoms with van der Waals surface area (Å²) in [7, 11) is -7.62. The van der Waals surface area contributed by atoms with E-state index in [-0.39, 0.29) is 4.90 Å². The minimum absolute atomic E-state index is 0.134. The highest BCUT2D eigenvalue weighted by Gasteiger charge is 2.27. The number of aryl methyl sites for hydroxylation is 1. The molecular weight excluding hydrogens is 295 g/mol. The van der Waals surface area contributed by atoms with Gasteiger partial charge in [0.1, 0.15) is 6.10 Å². The van der Waals surface area contributed by atoms with Crippen LogP contribution in [0.2, 0.25) is 0 Å². The number of hydrogen-bond acceptors (Lipinski definition) is 6. The normalized spacial score (nSPS) is 16.8. The van der Waals surface area contributed by atoms with Gasteiger partial charge >= 0.3 is 8.25 Å². The number of rotatable bonds is 6. The van der Waals surface area contributed by atoms with Crippen molar-refractivity contribution in [3.05, 3.63) is 29.8 Å². The molecule has 0 amide bonds. The van der Waals surface area contributed by atoms with Crippen molar-refractivity contribution in [2.75, 3.05) is 0 Å². The fourth-order valence-corrected chi connectivity index (χ4v) is 2.73. The Morgan fingerprint density at radius 1 is 1.26 bits per heavy atom. The molecule has 9 heteroatoms. The molecule has 7 nitrogen and oxygen atoms in total. The summed E-state index contributed by atoms with van der Waals surface area (Å²) in [5, 5.41) is 9.27. The van der Waals surface area contributed by atoms with Crippen LogP contribution in [-0.4, -0.2) is 30.8 Å². The molecule has 0 fully saturated rings. The number of benzene rings is 1. The van der Waals surface area contributed by atoms with Crippen LogP contribution in [0.15, 0.2) is 29.2 Å². The van der Waals surface area contributed by atoms with Gasteiger partial charge in [-0.05, 0) is 26.0 Å². The second-order valence-electron chi connectivity index (χ2n) is 3.86. The zero-order valence-electron chi connectivity index (χ0n) is 10.3. The number of aliphatic hydroxyl groups excluding tert-OH is 1. The van der Waals surface area contributed by atoms with Crippen LogP contribution in [0.3, 0.4) is 0 Å². The summed E-state index contributed by atoms with van der Waals surface area (Å²) in [6.07, 6.45) is -3.12. The first-order valence-corrected chi connectivity index (χ1v) is 7.97. The lowest BCUT2D eigenvalue weighted by Gasteiger charge is -2.18. The van der Waals surface area contributed by atoms with E-state index >= 15 is 0 Å². The van der Waals surface area contributed by atoms with Gasteiger partial charge in [-0.25, -0.2) is 4.18 Å². The SMILES string of the molecule is Cc1ccc(S(=O)(=O)O[C@H](O[PH](=O)O)[C@H](C)O)cc1. The van der Waals surface area contributed by atoms with Crippen LogP contribution in [0.5, 0.6) is 0 Å². The maximum Gasteiger partial charge on any atom is 0.319 e. The van der Waals surface area contributed by atoms with E-state index in [0.29, 0.717) is 0 Å². The smallest absolute Gasteiger partial charge is 0.319 e. The van der Waals surface area contributed by atoms with Crippen LogP contribution in [0.1, 0.15) is 12.5 Å². The molecule has 3 atom stereocenters. The summed E-state index contributed by atoms with van der Waals surface area (Å²) >= 11 is 0. The van der Waals surface area contributed by atoms with Crippen LogP contribution >= 0.6 is 8.25 Å². The predicted octanol–water partition coefficient (Wildman–Crippen LogP) is 0.806. The summed E-state index contributed by atoms with van der Waals surface area (Å²) in [6.45, 7) is 2.97. The van der Waals surface area contributed by atoms with Crippen molar-refractivity contribution in [1.82, 2.24) is 0 Å². The van der Waals surface area contributed by atoms with Crippen LogP contribution in [-0.2, 0) is 23.4 Å². The molecule has 0 aliphatic carbocycles. The molecule has 0 aromatic heterocycles. The average molecular weight is 310 g/mol. The molecule has 0 heterocycles. The Bertz CT molecular complexity index is 538. The molecule has 19 heavy (non-hydrogen) atoms. The molecule has 0 saturated heterocycles. The van der Waals surface area contributed by atoms with Crippen LogP contribution in [0.25, 0.3) is 0 Å². The minimum Gasteiger partial charge on any atom is -0.388 e. The maximum atomic E-state index is 11.9. The number of hydrogen-bond donors (Lipinski definition) is 2. The summed E-state index contributed by atoms with van der Waals surface area (Å²) in [5.41, 5.74) is 0.864. The minimum atomic E-state index is -4.19. The molecule has 0 aliphatic heterocycles. The lowest BCUT2D eigenvalue weighted by Crippen LogP contribution is -2.30. The Hall–Kier alpha value is -0.760. The molecule has 0 bridgehead atoms. The van der Waals surface area contributed by atoms with Gasteiger partial charge in [0.2, 0.25) is 6.29 Å². The second-order valence-corrected chi connectivity index (χ2v) is 6.20.